The van der Waals surface area contributed by atoms with E-state index in [-0.39, 0.29) is 0 Å². The van der Waals surface area contributed by atoms with Gasteiger partial charge in [0.05, 0.1) is 11.2 Å². The van der Waals surface area contributed by atoms with Gasteiger partial charge in [0.2, 0.25) is 0 Å². The quantitative estimate of drug-likeness (QED) is 0.319. The molecule has 2 nitrogen and oxygen atoms in total. The smallest absolute Gasteiger partial charge is 0.114 e. The van der Waals surface area contributed by atoms with Crippen molar-refractivity contribution in [3.05, 3.63) is 106 Å². The first-order chi connectivity index (χ1) is 16.1. The molecule has 0 saturated heterocycles. The lowest BCUT2D eigenvalue weighted by Gasteiger charge is -2.30. The van der Waals surface area contributed by atoms with Crippen LogP contribution in [0.25, 0.3) is 27.7 Å². The summed E-state index contributed by atoms with van der Waals surface area (Å²) >= 11 is 6.21. The Kier molecular flexibility index (Phi) is 5.82. The van der Waals surface area contributed by atoms with Crippen molar-refractivity contribution in [2.45, 2.75) is 45.1 Å². The SMILES string of the molecule is CCCC1=C(c2ccccc2)c2c(c(-c3ccc(Cl)cc3)nc3ccccc23)C1(O)CCC. The van der Waals surface area contributed by atoms with Crippen molar-refractivity contribution in [1.82, 2.24) is 4.98 Å². The van der Waals surface area contributed by atoms with Crippen molar-refractivity contribution < 1.29 is 5.11 Å². The van der Waals surface area contributed by atoms with Crippen molar-refractivity contribution in [3.8, 4) is 11.3 Å². The predicted octanol–water partition coefficient (Wildman–Crippen LogP) is 8.16. The molecule has 1 atom stereocenters. The molecule has 0 radical (unpaired) electrons. The average Bonchev–Trinajstić information content (AvgIpc) is 3.09. The maximum atomic E-state index is 12.5. The first-order valence-electron chi connectivity index (χ1n) is 11.8. The Balaban J connectivity index is 1.95. The number of hydrogen-bond acceptors (Lipinski definition) is 2. The van der Waals surface area contributed by atoms with Gasteiger partial charge in [-0.3, -0.25) is 0 Å². The van der Waals surface area contributed by atoms with Crippen LogP contribution in [0.5, 0.6) is 0 Å². The van der Waals surface area contributed by atoms with E-state index in [1.165, 1.54) is 0 Å². The highest BCUT2D eigenvalue weighted by Gasteiger charge is 2.46. The molecule has 1 aliphatic carbocycles. The highest BCUT2D eigenvalue weighted by Crippen LogP contribution is 2.55. The zero-order valence-electron chi connectivity index (χ0n) is 19.1. The number of para-hydroxylation sites is 1. The Labute approximate surface area is 200 Å². The summed E-state index contributed by atoms with van der Waals surface area (Å²) in [4.78, 5) is 5.12. The van der Waals surface area contributed by atoms with Gasteiger partial charge in [0.15, 0.2) is 0 Å². The molecule has 0 fully saturated rings. The van der Waals surface area contributed by atoms with Gasteiger partial charge >= 0.3 is 0 Å². The summed E-state index contributed by atoms with van der Waals surface area (Å²) in [5.74, 6) is 0. The fourth-order valence-corrected chi connectivity index (χ4v) is 5.47. The molecule has 0 saturated carbocycles. The van der Waals surface area contributed by atoms with Crippen molar-refractivity contribution >= 4 is 28.1 Å². The van der Waals surface area contributed by atoms with Crippen LogP contribution in [0.1, 0.15) is 56.2 Å². The highest BCUT2D eigenvalue weighted by atomic mass is 35.5. The van der Waals surface area contributed by atoms with Gasteiger partial charge in [-0.2, -0.15) is 0 Å². The molecule has 3 heteroatoms. The van der Waals surface area contributed by atoms with E-state index in [4.69, 9.17) is 16.6 Å². The van der Waals surface area contributed by atoms with Gasteiger partial charge in [-0.25, -0.2) is 4.98 Å². The number of aliphatic hydroxyl groups is 1. The summed E-state index contributed by atoms with van der Waals surface area (Å²) in [5, 5.41) is 14.3. The van der Waals surface area contributed by atoms with Crippen molar-refractivity contribution in [2.75, 3.05) is 0 Å². The first kappa shape index (κ1) is 21.9. The zero-order valence-corrected chi connectivity index (χ0v) is 19.9. The molecule has 1 unspecified atom stereocenters. The Bertz CT molecular complexity index is 1340. The van der Waals surface area contributed by atoms with E-state index in [0.717, 1.165) is 69.3 Å². The lowest BCUT2D eigenvalue weighted by Crippen LogP contribution is -2.27. The van der Waals surface area contributed by atoms with Crippen LogP contribution >= 0.6 is 11.6 Å². The van der Waals surface area contributed by atoms with Crippen LogP contribution in [-0.2, 0) is 5.60 Å². The summed E-state index contributed by atoms with van der Waals surface area (Å²) in [6.07, 6.45) is 3.33. The Hall–Kier alpha value is -2.94. The third kappa shape index (κ3) is 3.58. The Morgan fingerprint density at radius 2 is 1.52 bits per heavy atom. The summed E-state index contributed by atoms with van der Waals surface area (Å²) < 4.78 is 0. The van der Waals surface area contributed by atoms with Crippen LogP contribution < -0.4 is 0 Å². The number of hydrogen-bond donors (Lipinski definition) is 1. The van der Waals surface area contributed by atoms with Gasteiger partial charge in [0.25, 0.3) is 0 Å². The molecule has 33 heavy (non-hydrogen) atoms. The lowest BCUT2D eigenvalue weighted by molar-refractivity contribution is 0.0663. The van der Waals surface area contributed by atoms with Gasteiger partial charge < -0.3 is 5.11 Å². The van der Waals surface area contributed by atoms with Crippen LogP contribution in [0.4, 0.5) is 0 Å². The highest BCUT2D eigenvalue weighted by molar-refractivity contribution is 6.30. The second-order valence-corrected chi connectivity index (χ2v) is 9.25. The second kappa shape index (κ2) is 8.78. The molecule has 3 aromatic carbocycles. The van der Waals surface area contributed by atoms with Crippen LogP contribution in [0, 0.1) is 0 Å². The van der Waals surface area contributed by atoms with Gasteiger partial charge in [-0.05, 0) is 47.8 Å². The normalized spacial score (nSPS) is 17.6. The number of halogens is 1. The Morgan fingerprint density at radius 3 is 2.21 bits per heavy atom. The molecule has 1 aromatic heterocycles. The van der Waals surface area contributed by atoms with E-state index < -0.39 is 5.60 Å². The third-order valence-electron chi connectivity index (χ3n) is 6.65. The average molecular weight is 454 g/mol. The number of benzene rings is 3. The van der Waals surface area contributed by atoms with Gasteiger partial charge in [-0.15, -0.1) is 0 Å². The largest absolute Gasteiger partial charge is 0.381 e. The summed E-state index contributed by atoms with van der Waals surface area (Å²) in [6.45, 7) is 4.32. The molecule has 1 heterocycles. The standard InChI is InChI=1S/C30H28ClNO/c1-3-10-24-26(20-11-6-5-7-12-20)27-23-13-8-9-14-25(23)32-29(21-15-17-22(31)18-16-21)28(27)30(24,33)19-4-2/h5-9,11-18,33H,3-4,10,19H2,1-2H3. The number of fused-ring (bicyclic) bond motifs is 3. The van der Waals surface area contributed by atoms with Crippen LogP contribution in [-0.4, -0.2) is 10.1 Å². The molecule has 1 aliphatic rings. The number of aromatic nitrogens is 1. The van der Waals surface area contributed by atoms with Gasteiger partial charge in [0.1, 0.15) is 5.60 Å². The van der Waals surface area contributed by atoms with E-state index in [1.54, 1.807) is 0 Å². The molecular weight excluding hydrogens is 426 g/mol. The van der Waals surface area contributed by atoms with E-state index in [9.17, 15) is 5.11 Å². The Morgan fingerprint density at radius 1 is 0.818 bits per heavy atom. The zero-order chi connectivity index (χ0) is 23.0. The third-order valence-corrected chi connectivity index (χ3v) is 6.90. The summed E-state index contributed by atoms with van der Waals surface area (Å²) in [6, 6.07) is 26.6. The van der Waals surface area contributed by atoms with Crippen LogP contribution in [0.15, 0.2) is 84.4 Å². The van der Waals surface area contributed by atoms with E-state index in [0.29, 0.717) is 11.4 Å². The van der Waals surface area contributed by atoms with Crippen LogP contribution in [0.3, 0.4) is 0 Å². The second-order valence-electron chi connectivity index (χ2n) is 8.81. The van der Waals surface area contributed by atoms with Gasteiger partial charge in [-0.1, -0.05) is 99.0 Å². The van der Waals surface area contributed by atoms with Crippen molar-refractivity contribution in [1.29, 1.82) is 0 Å². The fraction of sp³-hybridized carbons (Fsp3) is 0.233. The molecule has 0 amide bonds. The number of nitrogens with zero attached hydrogens (tertiary/aromatic N) is 1. The minimum atomic E-state index is -1.06. The molecule has 0 spiro atoms. The maximum Gasteiger partial charge on any atom is 0.114 e. The maximum absolute atomic E-state index is 12.5. The molecule has 1 N–H and O–H groups in total. The van der Waals surface area contributed by atoms with Crippen LogP contribution in [0.2, 0.25) is 5.02 Å². The minimum Gasteiger partial charge on any atom is -0.381 e. The summed E-state index contributed by atoms with van der Waals surface area (Å²) in [5.41, 5.74) is 7.18. The minimum absolute atomic E-state index is 0.659. The monoisotopic (exact) mass is 453 g/mol. The molecular formula is C30H28ClNO. The van der Waals surface area contributed by atoms with E-state index in [2.05, 4.69) is 56.3 Å². The number of pyridine rings is 1. The van der Waals surface area contributed by atoms with E-state index in [1.807, 2.05) is 36.4 Å². The molecule has 166 valence electrons. The van der Waals surface area contributed by atoms with Gasteiger partial charge in [0, 0.05) is 27.1 Å². The molecule has 5 rings (SSSR count). The van der Waals surface area contributed by atoms with Crippen molar-refractivity contribution in [2.24, 2.45) is 0 Å². The molecule has 0 bridgehead atoms. The molecule has 4 aromatic rings. The van der Waals surface area contributed by atoms with Crippen molar-refractivity contribution in [3.63, 3.8) is 0 Å². The first-order valence-corrected chi connectivity index (χ1v) is 12.2. The topological polar surface area (TPSA) is 33.1 Å². The number of rotatable bonds is 6. The predicted molar refractivity (Wildman–Crippen MR) is 138 cm³/mol. The fourth-order valence-electron chi connectivity index (χ4n) is 5.34. The molecule has 0 aliphatic heterocycles. The van der Waals surface area contributed by atoms with E-state index >= 15 is 0 Å². The summed E-state index contributed by atoms with van der Waals surface area (Å²) in [7, 11) is 0. The lowest BCUT2D eigenvalue weighted by atomic mass is 9.81.